The third kappa shape index (κ3) is 3.57. The van der Waals surface area contributed by atoms with Crippen LogP contribution in [0.2, 0.25) is 5.02 Å². The van der Waals surface area contributed by atoms with Gasteiger partial charge < -0.3 is 9.84 Å². The summed E-state index contributed by atoms with van der Waals surface area (Å²) >= 11 is 6.05. The fourth-order valence-electron chi connectivity index (χ4n) is 1.67. The number of anilines is 1. The van der Waals surface area contributed by atoms with Crippen molar-refractivity contribution >= 4 is 17.3 Å². The van der Waals surface area contributed by atoms with Crippen molar-refractivity contribution < 1.29 is 4.52 Å². The van der Waals surface area contributed by atoms with E-state index >= 15 is 0 Å². The minimum atomic E-state index is -0.275. The average Bonchev–Trinajstić information content (AvgIpc) is 2.96. The largest absolute Gasteiger partial charge is 0.382 e. The number of aryl methyl sites for hydroxylation is 1. The molecule has 2 rings (SSSR count). The molecule has 0 radical (unpaired) electrons. The van der Waals surface area contributed by atoms with Crippen LogP contribution in [0.25, 0.3) is 0 Å². The minimum absolute atomic E-state index is 0.154. The van der Waals surface area contributed by atoms with Gasteiger partial charge in [-0.05, 0) is 6.42 Å². The lowest BCUT2D eigenvalue weighted by atomic mass is 10.3. The molecule has 2 aromatic heterocycles. The molecular weight excluding hydrogens is 282 g/mol. The number of hydrogen-bond donors (Lipinski definition) is 1. The molecular formula is C12H16ClN5O2. The lowest BCUT2D eigenvalue weighted by Gasteiger charge is -2.09. The molecule has 0 bridgehead atoms. The highest BCUT2D eigenvalue weighted by atomic mass is 35.5. The second-order valence-electron chi connectivity index (χ2n) is 4.27. The lowest BCUT2D eigenvalue weighted by Crippen LogP contribution is -2.24. The Labute approximate surface area is 120 Å². The topological polar surface area (TPSA) is 85.8 Å². The molecule has 0 saturated heterocycles. The summed E-state index contributed by atoms with van der Waals surface area (Å²) in [6, 6.07) is 0. The Hall–Kier alpha value is -1.89. The minimum Gasteiger partial charge on any atom is -0.382 e. The molecule has 0 aliphatic carbocycles. The first-order chi connectivity index (χ1) is 9.72. The van der Waals surface area contributed by atoms with Crippen molar-refractivity contribution in [3.8, 4) is 0 Å². The van der Waals surface area contributed by atoms with E-state index in [-0.39, 0.29) is 10.6 Å². The van der Waals surface area contributed by atoms with Crippen molar-refractivity contribution in [3.05, 3.63) is 33.8 Å². The van der Waals surface area contributed by atoms with Crippen molar-refractivity contribution in [2.75, 3.05) is 11.9 Å². The van der Waals surface area contributed by atoms with Gasteiger partial charge in [-0.1, -0.05) is 30.1 Å². The third-order valence-corrected chi connectivity index (χ3v) is 3.13. The summed E-state index contributed by atoms with van der Waals surface area (Å²) in [5.74, 6) is 0.526. The molecule has 2 heterocycles. The van der Waals surface area contributed by atoms with Gasteiger partial charge in [0.05, 0.1) is 11.9 Å². The van der Waals surface area contributed by atoms with Crippen LogP contribution in [0, 0.1) is 0 Å². The fraction of sp³-hybridized carbons (Fsp3) is 0.500. The maximum absolute atomic E-state index is 12.0. The van der Waals surface area contributed by atoms with Crippen molar-refractivity contribution in [3.63, 3.8) is 0 Å². The van der Waals surface area contributed by atoms with Crippen LogP contribution < -0.4 is 10.9 Å². The van der Waals surface area contributed by atoms with Crippen molar-refractivity contribution in [1.82, 2.24) is 19.9 Å². The summed E-state index contributed by atoms with van der Waals surface area (Å²) in [6.07, 6.45) is 5.35. The summed E-state index contributed by atoms with van der Waals surface area (Å²) in [4.78, 5) is 15.9. The standard InChI is InChI=1S/C12H16ClN5O2/c1-2-3-6-18-12(19)11(13)9(7-16-18)14-5-4-10-15-8-17-20-10/h7-8,14H,2-6H2,1H3. The number of nitrogens with zero attached hydrogens (tertiary/aromatic N) is 4. The molecule has 0 aliphatic heterocycles. The van der Waals surface area contributed by atoms with Crippen LogP contribution in [0.3, 0.4) is 0 Å². The highest BCUT2D eigenvalue weighted by Crippen LogP contribution is 2.15. The smallest absolute Gasteiger partial charge is 0.287 e. The molecule has 0 aromatic carbocycles. The van der Waals surface area contributed by atoms with Crippen LogP contribution in [-0.4, -0.2) is 26.5 Å². The van der Waals surface area contributed by atoms with Crippen LogP contribution in [0.5, 0.6) is 0 Å². The molecule has 108 valence electrons. The van der Waals surface area contributed by atoms with Crippen LogP contribution in [0.4, 0.5) is 5.69 Å². The van der Waals surface area contributed by atoms with E-state index in [1.807, 2.05) is 0 Å². The summed E-state index contributed by atoms with van der Waals surface area (Å²) in [6.45, 7) is 3.17. The van der Waals surface area contributed by atoms with Gasteiger partial charge in [0.2, 0.25) is 5.89 Å². The van der Waals surface area contributed by atoms with Crippen LogP contribution in [0.15, 0.2) is 21.8 Å². The molecule has 2 aromatic rings. The third-order valence-electron chi connectivity index (χ3n) is 2.77. The van der Waals surface area contributed by atoms with Gasteiger partial charge in [0.1, 0.15) is 5.02 Å². The molecule has 0 aliphatic rings. The zero-order valence-corrected chi connectivity index (χ0v) is 11.9. The second-order valence-corrected chi connectivity index (χ2v) is 4.64. The van der Waals surface area contributed by atoms with E-state index in [1.165, 1.54) is 11.0 Å². The summed E-state index contributed by atoms with van der Waals surface area (Å²) in [5.41, 5.74) is 0.242. The van der Waals surface area contributed by atoms with Gasteiger partial charge in [-0.25, -0.2) is 4.68 Å². The van der Waals surface area contributed by atoms with Crippen molar-refractivity contribution in [1.29, 1.82) is 0 Å². The van der Waals surface area contributed by atoms with Gasteiger partial charge in [-0.15, -0.1) is 0 Å². The number of aromatic nitrogens is 4. The lowest BCUT2D eigenvalue weighted by molar-refractivity contribution is 0.380. The van der Waals surface area contributed by atoms with E-state index < -0.39 is 0 Å². The zero-order chi connectivity index (χ0) is 14.4. The van der Waals surface area contributed by atoms with Gasteiger partial charge in [-0.2, -0.15) is 10.1 Å². The normalized spacial score (nSPS) is 10.7. The zero-order valence-electron chi connectivity index (χ0n) is 11.2. The first-order valence-corrected chi connectivity index (χ1v) is 6.85. The number of unbranched alkanes of at least 4 members (excludes halogenated alkanes) is 1. The SMILES string of the molecule is CCCCn1ncc(NCCc2ncno2)c(Cl)c1=O. The van der Waals surface area contributed by atoms with Gasteiger partial charge in [0.25, 0.3) is 5.56 Å². The average molecular weight is 298 g/mol. The summed E-state index contributed by atoms with van der Waals surface area (Å²) in [7, 11) is 0. The number of hydrogen-bond acceptors (Lipinski definition) is 6. The Morgan fingerprint density at radius 3 is 3.05 bits per heavy atom. The molecule has 20 heavy (non-hydrogen) atoms. The summed E-state index contributed by atoms with van der Waals surface area (Å²) < 4.78 is 6.26. The van der Waals surface area contributed by atoms with Crippen LogP contribution >= 0.6 is 11.6 Å². The Morgan fingerprint density at radius 2 is 2.35 bits per heavy atom. The highest BCUT2D eigenvalue weighted by Gasteiger charge is 2.09. The van der Waals surface area contributed by atoms with E-state index in [2.05, 4.69) is 27.5 Å². The molecule has 0 fully saturated rings. The van der Waals surface area contributed by atoms with Gasteiger partial charge in [0.15, 0.2) is 6.33 Å². The fourth-order valence-corrected chi connectivity index (χ4v) is 1.88. The Kier molecular flexibility index (Phi) is 5.11. The predicted molar refractivity (Wildman–Crippen MR) is 74.9 cm³/mol. The molecule has 0 atom stereocenters. The van der Waals surface area contributed by atoms with Crippen LogP contribution in [-0.2, 0) is 13.0 Å². The van der Waals surface area contributed by atoms with Gasteiger partial charge in [-0.3, -0.25) is 4.79 Å². The Morgan fingerprint density at radius 1 is 1.50 bits per heavy atom. The molecule has 1 N–H and O–H groups in total. The van der Waals surface area contributed by atoms with E-state index in [0.29, 0.717) is 31.1 Å². The summed E-state index contributed by atoms with van der Waals surface area (Å²) in [5, 5.41) is 10.8. The number of rotatable bonds is 7. The van der Waals surface area contributed by atoms with Crippen LogP contribution in [0.1, 0.15) is 25.7 Å². The monoisotopic (exact) mass is 297 g/mol. The molecule has 0 saturated carbocycles. The molecule has 8 heteroatoms. The first kappa shape index (κ1) is 14.5. The molecule has 7 nitrogen and oxygen atoms in total. The van der Waals surface area contributed by atoms with Gasteiger partial charge >= 0.3 is 0 Å². The highest BCUT2D eigenvalue weighted by molar-refractivity contribution is 6.32. The molecule has 0 spiro atoms. The van der Waals surface area contributed by atoms with Crippen molar-refractivity contribution in [2.24, 2.45) is 0 Å². The maximum Gasteiger partial charge on any atom is 0.287 e. The second kappa shape index (κ2) is 7.04. The number of nitrogens with one attached hydrogen (secondary N) is 1. The Bertz CT molecular complexity index is 596. The molecule has 0 amide bonds. The maximum atomic E-state index is 12.0. The molecule has 0 unspecified atom stereocenters. The van der Waals surface area contributed by atoms with Gasteiger partial charge in [0, 0.05) is 19.5 Å². The Balaban J connectivity index is 1.98. The van der Waals surface area contributed by atoms with E-state index in [4.69, 9.17) is 16.1 Å². The van der Waals surface area contributed by atoms with E-state index in [0.717, 1.165) is 12.8 Å². The first-order valence-electron chi connectivity index (χ1n) is 6.47. The van der Waals surface area contributed by atoms with E-state index in [9.17, 15) is 4.79 Å². The van der Waals surface area contributed by atoms with E-state index in [1.54, 1.807) is 6.20 Å². The predicted octanol–water partition coefficient (Wildman–Crippen LogP) is 1.73. The van der Waals surface area contributed by atoms with Crippen molar-refractivity contribution in [2.45, 2.75) is 32.7 Å². The number of halogens is 1. The quantitative estimate of drug-likeness (QED) is 0.837.